The Kier molecular flexibility index (Phi) is 7.18. The molecule has 1 aliphatic heterocycles. The monoisotopic (exact) mass is 450 g/mol. The third-order valence-corrected chi connectivity index (χ3v) is 7.51. The third kappa shape index (κ3) is 5.03. The Labute approximate surface area is 183 Å². The lowest BCUT2D eigenvalue weighted by atomic mass is 9.87. The van der Waals surface area contributed by atoms with Gasteiger partial charge in [0.25, 0.3) is 0 Å². The van der Waals surface area contributed by atoms with E-state index in [1.54, 1.807) is 31.2 Å². The number of ether oxygens (including phenoxy) is 1. The highest BCUT2D eigenvalue weighted by atomic mass is 35.5. The van der Waals surface area contributed by atoms with Crippen molar-refractivity contribution in [1.82, 2.24) is 4.31 Å². The van der Waals surface area contributed by atoms with Crippen molar-refractivity contribution in [1.29, 1.82) is 0 Å². The molecule has 1 N–H and O–H groups in total. The molecule has 0 unspecified atom stereocenters. The molecule has 0 saturated carbocycles. The molecule has 0 aromatic heterocycles. The molecule has 30 heavy (non-hydrogen) atoms. The lowest BCUT2D eigenvalue weighted by Crippen LogP contribution is -2.40. The van der Waals surface area contributed by atoms with Crippen molar-refractivity contribution in [3.8, 4) is 0 Å². The first-order valence-electron chi connectivity index (χ1n) is 9.95. The molecule has 1 aliphatic rings. The largest absolute Gasteiger partial charge is 0.379 e. The van der Waals surface area contributed by atoms with Gasteiger partial charge in [0.05, 0.1) is 24.0 Å². The van der Waals surface area contributed by atoms with Gasteiger partial charge >= 0.3 is 0 Å². The number of nitrogens with zero attached hydrogens (tertiary/aromatic N) is 1. The molecule has 0 bridgehead atoms. The van der Waals surface area contributed by atoms with Crippen molar-refractivity contribution in [2.24, 2.45) is 5.92 Å². The summed E-state index contributed by atoms with van der Waals surface area (Å²) in [6, 6.07) is 12.2. The fourth-order valence-electron chi connectivity index (χ4n) is 3.61. The van der Waals surface area contributed by atoms with Gasteiger partial charge in [0.2, 0.25) is 15.9 Å². The van der Waals surface area contributed by atoms with Crippen LogP contribution in [0.15, 0.2) is 47.4 Å². The van der Waals surface area contributed by atoms with Crippen LogP contribution in [-0.4, -0.2) is 44.9 Å². The number of anilines is 1. The second-order valence-electron chi connectivity index (χ2n) is 7.76. The van der Waals surface area contributed by atoms with Crippen LogP contribution >= 0.6 is 11.6 Å². The number of nitrogens with one attached hydrogen (secondary N) is 1. The average molecular weight is 451 g/mol. The molecule has 0 spiro atoms. The number of amides is 1. The van der Waals surface area contributed by atoms with Gasteiger partial charge in [0.1, 0.15) is 0 Å². The standard InChI is InChI=1S/C22H27ClN2O4S/c1-15(2)21(17-5-7-18(23)8-6-17)22(26)24-19-9-4-16(3)20(14-19)30(27,28)25-10-12-29-13-11-25/h4-9,14-15,21H,10-13H2,1-3H3,(H,24,26)/t21-/m0/s1. The number of carbonyl (C=O) groups is 1. The lowest BCUT2D eigenvalue weighted by Gasteiger charge is -2.27. The Balaban J connectivity index is 1.86. The maximum atomic E-state index is 13.1. The molecule has 162 valence electrons. The Morgan fingerprint density at radius 3 is 2.33 bits per heavy atom. The van der Waals surface area contributed by atoms with Crippen molar-refractivity contribution in [2.45, 2.75) is 31.6 Å². The predicted octanol–water partition coefficient (Wildman–Crippen LogP) is 4.05. The Bertz CT molecular complexity index is 1000. The summed E-state index contributed by atoms with van der Waals surface area (Å²) in [5.41, 5.74) is 1.95. The maximum Gasteiger partial charge on any atom is 0.243 e. The number of sulfonamides is 1. The third-order valence-electron chi connectivity index (χ3n) is 5.22. The summed E-state index contributed by atoms with van der Waals surface area (Å²) in [6.07, 6.45) is 0. The molecule has 1 amide bonds. The lowest BCUT2D eigenvalue weighted by molar-refractivity contribution is -0.118. The zero-order valence-corrected chi connectivity index (χ0v) is 19.0. The van der Waals surface area contributed by atoms with Crippen molar-refractivity contribution < 1.29 is 17.9 Å². The first kappa shape index (κ1) is 22.7. The van der Waals surface area contributed by atoms with Crippen LogP contribution in [0.5, 0.6) is 0 Å². The molecule has 0 radical (unpaired) electrons. The van der Waals surface area contributed by atoms with Crippen molar-refractivity contribution >= 4 is 33.2 Å². The van der Waals surface area contributed by atoms with Crippen LogP contribution in [0.25, 0.3) is 0 Å². The fourth-order valence-corrected chi connectivity index (χ4v) is 5.40. The Hall–Kier alpha value is -1.93. The van der Waals surface area contributed by atoms with Crippen LogP contribution in [0.2, 0.25) is 5.02 Å². The highest BCUT2D eigenvalue weighted by Crippen LogP contribution is 2.29. The molecule has 3 rings (SSSR count). The number of hydrogen-bond donors (Lipinski definition) is 1. The van der Waals surface area contributed by atoms with Gasteiger partial charge < -0.3 is 10.1 Å². The zero-order chi connectivity index (χ0) is 21.9. The molecular formula is C22H27ClN2O4S. The predicted molar refractivity (Wildman–Crippen MR) is 118 cm³/mol. The maximum absolute atomic E-state index is 13.1. The topological polar surface area (TPSA) is 75.7 Å². The van der Waals surface area contributed by atoms with E-state index in [1.807, 2.05) is 26.0 Å². The number of aryl methyl sites for hydroxylation is 1. The van der Waals surface area contributed by atoms with E-state index in [0.29, 0.717) is 42.6 Å². The molecule has 1 heterocycles. The molecule has 2 aromatic carbocycles. The van der Waals surface area contributed by atoms with Gasteiger partial charge in [-0.3, -0.25) is 4.79 Å². The summed E-state index contributed by atoms with van der Waals surface area (Å²) >= 11 is 5.98. The van der Waals surface area contributed by atoms with Gasteiger partial charge in [-0.25, -0.2) is 8.42 Å². The minimum absolute atomic E-state index is 0.0492. The molecule has 1 saturated heterocycles. The van der Waals surface area contributed by atoms with E-state index in [0.717, 1.165) is 5.56 Å². The highest BCUT2D eigenvalue weighted by molar-refractivity contribution is 7.89. The van der Waals surface area contributed by atoms with Gasteiger partial charge in [-0.05, 0) is 48.2 Å². The number of benzene rings is 2. The molecular weight excluding hydrogens is 424 g/mol. The summed E-state index contributed by atoms with van der Waals surface area (Å²) in [7, 11) is -3.66. The minimum Gasteiger partial charge on any atom is -0.379 e. The van der Waals surface area contributed by atoms with E-state index in [-0.39, 0.29) is 22.6 Å². The number of halogens is 1. The summed E-state index contributed by atoms with van der Waals surface area (Å²) in [5, 5.41) is 3.51. The molecule has 0 aliphatic carbocycles. The van der Waals surface area contributed by atoms with Crippen LogP contribution < -0.4 is 5.32 Å². The normalized spacial score (nSPS) is 16.4. The summed E-state index contributed by atoms with van der Waals surface area (Å²) in [5.74, 6) is -0.526. The number of morpholine rings is 1. The summed E-state index contributed by atoms with van der Waals surface area (Å²) in [6.45, 7) is 7.11. The quantitative estimate of drug-likeness (QED) is 0.720. The van der Waals surface area contributed by atoms with Gasteiger partial charge in [-0.1, -0.05) is 43.6 Å². The SMILES string of the molecule is Cc1ccc(NC(=O)[C@H](c2ccc(Cl)cc2)C(C)C)cc1S(=O)(=O)N1CCOCC1. The van der Waals surface area contributed by atoms with Crippen molar-refractivity contribution in [2.75, 3.05) is 31.6 Å². The number of hydrogen-bond acceptors (Lipinski definition) is 4. The van der Waals surface area contributed by atoms with Gasteiger partial charge in [-0.15, -0.1) is 0 Å². The van der Waals surface area contributed by atoms with Gasteiger partial charge in [-0.2, -0.15) is 4.31 Å². The smallest absolute Gasteiger partial charge is 0.243 e. The van der Waals surface area contributed by atoms with Crippen molar-refractivity contribution in [3.05, 3.63) is 58.6 Å². The Morgan fingerprint density at radius 1 is 1.10 bits per heavy atom. The number of carbonyl (C=O) groups excluding carboxylic acids is 1. The fraction of sp³-hybridized carbons (Fsp3) is 0.409. The average Bonchev–Trinajstić information content (AvgIpc) is 2.71. The van der Waals surface area contributed by atoms with Gasteiger partial charge in [0, 0.05) is 23.8 Å². The van der Waals surface area contributed by atoms with E-state index in [4.69, 9.17) is 16.3 Å². The minimum atomic E-state index is -3.66. The van der Waals surface area contributed by atoms with Crippen LogP contribution in [0.3, 0.4) is 0 Å². The second kappa shape index (κ2) is 9.47. The van der Waals surface area contributed by atoms with E-state index < -0.39 is 10.0 Å². The van der Waals surface area contributed by atoms with Crippen LogP contribution in [-0.2, 0) is 19.6 Å². The molecule has 6 nitrogen and oxygen atoms in total. The highest BCUT2D eigenvalue weighted by Gasteiger charge is 2.29. The molecule has 2 aromatic rings. The van der Waals surface area contributed by atoms with E-state index in [2.05, 4.69) is 5.32 Å². The summed E-state index contributed by atoms with van der Waals surface area (Å²) < 4.78 is 32.9. The van der Waals surface area contributed by atoms with Crippen molar-refractivity contribution in [3.63, 3.8) is 0 Å². The Morgan fingerprint density at radius 2 is 1.73 bits per heavy atom. The zero-order valence-electron chi connectivity index (χ0n) is 17.4. The van der Waals surface area contributed by atoms with Crippen LogP contribution in [0, 0.1) is 12.8 Å². The van der Waals surface area contributed by atoms with Crippen LogP contribution in [0.4, 0.5) is 5.69 Å². The first-order valence-corrected chi connectivity index (χ1v) is 11.8. The van der Waals surface area contributed by atoms with E-state index in [1.165, 1.54) is 10.4 Å². The van der Waals surface area contributed by atoms with E-state index >= 15 is 0 Å². The van der Waals surface area contributed by atoms with Crippen LogP contribution in [0.1, 0.15) is 30.9 Å². The summed E-state index contributed by atoms with van der Waals surface area (Å²) in [4.78, 5) is 13.3. The number of rotatable bonds is 6. The first-order chi connectivity index (χ1) is 14.2. The molecule has 1 atom stereocenters. The second-order valence-corrected chi connectivity index (χ2v) is 10.1. The molecule has 8 heteroatoms. The van der Waals surface area contributed by atoms with E-state index in [9.17, 15) is 13.2 Å². The molecule has 1 fully saturated rings. The van der Waals surface area contributed by atoms with Gasteiger partial charge in [0.15, 0.2) is 0 Å².